The molecule has 2 aromatic rings. The summed E-state index contributed by atoms with van der Waals surface area (Å²) in [5, 5.41) is 13.1. The molecule has 1 N–H and O–H groups in total. The minimum Gasteiger partial charge on any atom is -0.480 e. The third-order valence-electron chi connectivity index (χ3n) is 4.54. The van der Waals surface area contributed by atoms with Gasteiger partial charge in [0.1, 0.15) is 17.6 Å². The van der Waals surface area contributed by atoms with Crippen LogP contribution in [0.1, 0.15) is 29.0 Å². The summed E-state index contributed by atoms with van der Waals surface area (Å²) in [5.41, 5.74) is 1.16. The zero-order valence-corrected chi connectivity index (χ0v) is 14.5. The number of amides is 1. The number of carboxylic acids is 1. The normalized spacial score (nSPS) is 16.5. The maximum atomic E-state index is 13.3. The van der Waals surface area contributed by atoms with E-state index in [9.17, 15) is 14.0 Å². The van der Waals surface area contributed by atoms with Gasteiger partial charge in [0.25, 0.3) is 5.91 Å². The van der Waals surface area contributed by atoms with Crippen LogP contribution in [-0.4, -0.2) is 62.7 Å². The van der Waals surface area contributed by atoms with E-state index in [4.69, 9.17) is 5.11 Å². The second-order valence-electron chi connectivity index (χ2n) is 6.39. The van der Waals surface area contributed by atoms with Crippen LogP contribution in [0.4, 0.5) is 4.39 Å². The molecule has 0 bridgehead atoms. The van der Waals surface area contributed by atoms with E-state index in [0.29, 0.717) is 32.7 Å². The molecule has 1 fully saturated rings. The van der Waals surface area contributed by atoms with Crippen molar-refractivity contribution >= 4 is 11.9 Å². The number of hydrogen-bond donors (Lipinski definition) is 1. The largest absolute Gasteiger partial charge is 0.480 e. The van der Waals surface area contributed by atoms with Gasteiger partial charge in [-0.2, -0.15) is 5.10 Å². The molecule has 2 heterocycles. The molecule has 1 aliphatic heterocycles. The maximum absolute atomic E-state index is 13.3. The molecule has 1 unspecified atom stereocenters. The highest BCUT2D eigenvalue weighted by molar-refractivity contribution is 5.92. The molecule has 0 aliphatic carbocycles. The van der Waals surface area contributed by atoms with Crippen molar-refractivity contribution in [2.24, 2.45) is 0 Å². The zero-order chi connectivity index (χ0) is 18.7. The lowest BCUT2D eigenvalue weighted by atomic mass is 10.2. The fourth-order valence-corrected chi connectivity index (χ4v) is 2.95. The molecule has 138 valence electrons. The average molecular weight is 360 g/mol. The van der Waals surface area contributed by atoms with Crippen LogP contribution in [0.2, 0.25) is 0 Å². The van der Waals surface area contributed by atoms with E-state index in [0.717, 1.165) is 5.56 Å². The summed E-state index contributed by atoms with van der Waals surface area (Å²) in [7, 11) is 0. The second kappa shape index (κ2) is 7.65. The number of carbonyl (C=O) groups excluding carboxylic acids is 1. The van der Waals surface area contributed by atoms with Crippen LogP contribution < -0.4 is 0 Å². The SMILES string of the molecule is CC(C(=O)O)n1ccc(C(=O)N2CCN(Cc3cccc(F)c3)CC2)n1. The monoisotopic (exact) mass is 360 g/mol. The van der Waals surface area contributed by atoms with Gasteiger partial charge in [0.2, 0.25) is 0 Å². The summed E-state index contributed by atoms with van der Waals surface area (Å²) < 4.78 is 14.5. The Kier molecular flexibility index (Phi) is 5.32. The van der Waals surface area contributed by atoms with Gasteiger partial charge < -0.3 is 10.0 Å². The number of nitrogens with zero attached hydrogens (tertiary/aromatic N) is 4. The lowest BCUT2D eigenvalue weighted by Gasteiger charge is -2.34. The first kappa shape index (κ1) is 18.1. The average Bonchev–Trinajstić information content (AvgIpc) is 3.11. The van der Waals surface area contributed by atoms with E-state index in [-0.39, 0.29) is 17.4 Å². The lowest BCUT2D eigenvalue weighted by Crippen LogP contribution is -2.48. The molecule has 1 aromatic carbocycles. The highest BCUT2D eigenvalue weighted by atomic mass is 19.1. The lowest BCUT2D eigenvalue weighted by molar-refractivity contribution is -0.140. The number of rotatable bonds is 5. The number of carboxylic acid groups (broad SMARTS) is 1. The Balaban J connectivity index is 1.56. The molecule has 26 heavy (non-hydrogen) atoms. The summed E-state index contributed by atoms with van der Waals surface area (Å²) in [6.07, 6.45) is 1.51. The molecule has 7 nitrogen and oxygen atoms in total. The molecule has 3 rings (SSSR count). The van der Waals surface area contributed by atoms with Gasteiger partial charge in [0.15, 0.2) is 0 Å². The quantitative estimate of drug-likeness (QED) is 0.877. The Morgan fingerprint density at radius 2 is 1.96 bits per heavy atom. The summed E-state index contributed by atoms with van der Waals surface area (Å²) in [5.74, 6) is -1.45. The highest BCUT2D eigenvalue weighted by Crippen LogP contribution is 2.13. The van der Waals surface area contributed by atoms with Gasteiger partial charge in [-0.15, -0.1) is 0 Å². The van der Waals surface area contributed by atoms with E-state index >= 15 is 0 Å². The molecule has 8 heteroatoms. The van der Waals surface area contributed by atoms with E-state index in [1.54, 1.807) is 17.0 Å². The molecule has 1 atom stereocenters. The molecule has 0 spiro atoms. The predicted molar refractivity (Wildman–Crippen MR) is 92.2 cm³/mol. The van der Waals surface area contributed by atoms with Crippen LogP contribution in [0.15, 0.2) is 36.5 Å². The number of carbonyl (C=O) groups is 2. The number of aromatic nitrogens is 2. The number of benzene rings is 1. The van der Waals surface area contributed by atoms with E-state index < -0.39 is 12.0 Å². The summed E-state index contributed by atoms with van der Waals surface area (Å²) in [6.45, 7) is 4.63. The van der Waals surface area contributed by atoms with Crippen molar-refractivity contribution < 1.29 is 19.1 Å². The van der Waals surface area contributed by atoms with E-state index in [1.165, 1.54) is 29.9 Å². The Bertz CT molecular complexity index is 799. The van der Waals surface area contributed by atoms with Crippen LogP contribution in [-0.2, 0) is 11.3 Å². The van der Waals surface area contributed by atoms with Gasteiger partial charge in [-0.05, 0) is 30.7 Å². The van der Waals surface area contributed by atoms with Crippen LogP contribution in [0.25, 0.3) is 0 Å². The van der Waals surface area contributed by atoms with Gasteiger partial charge in [-0.1, -0.05) is 12.1 Å². The van der Waals surface area contributed by atoms with Crippen molar-refractivity contribution in [2.45, 2.75) is 19.5 Å². The molecule has 0 saturated carbocycles. The fourth-order valence-electron chi connectivity index (χ4n) is 2.95. The molecular formula is C18H21FN4O3. The van der Waals surface area contributed by atoms with Crippen LogP contribution in [0.5, 0.6) is 0 Å². The van der Waals surface area contributed by atoms with Gasteiger partial charge in [-0.3, -0.25) is 14.4 Å². The minimum atomic E-state index is -1.00. The first-order valence-electron chi connectivity index (χ1n) is 8.48. The van der Waals surface area contributed by atoms with Gasteiger partial charge in [0, 0.05) is 38.9 Å². The maximum Gasteiger partial charge on any atom is 0.328 e. The Labute approximate surface area is 150 Å². The number of hydrogen-bond acceptors (Lipinski definition) is 4. The number of halogens is 1. The van der Waals surface area contributed by atoms with Crippen LogP contribution >= 0.6 is 0 Å². The minimum absolute atomic E-state index is 0.202. The smallest absolute Gasteiger partial charge is 0.328 e. The van der Waals surface area contributed by atoms with Gasteiger partial charge in [-0.25, -0.2) is 9.18 Å². The predicted octanol–water partition coefficient (Wildman–Crippen LogP) is 1.63. The standard InChI is InChI=1S/C18H21FN4O3/c1-13(18(25)26)23-6-5-16(20-23)17(24)22-9-7-21(8-10-22)12-14-3-2-4-15(19)11-14/h2-6,11,13H,7-10,12H2,1H3,(H,25,26). The molecule has 1 aromatic heterocycles. The number of aliphatic carboxylic acids is 1. The van der Waals surface area contributed by atoms with E-state index in [1.807, 2.05) is 6.07 Å². The molecule has 1 amide bonds. The first-order valence-corrected chi connectivity index (χ1v) is 8.48. The van der Waals surface area contributed by atoms with Crippen LogP contribution in [0.3, 0.4) is 0 Å². The van der Waals surface area contributed by atoms with Crippen molar-refractivity contribution in [3.05, 3.63) is 53.6 Å². The molecule has 1 aliphatic rings. The summed E-state index contributed by atoms with van der Waals surface area (Å²) in [4.78, 5) is 27.4. The molecule has 0 radical (unpaired) electrons. The Morgan fingerprint density at radius 1 is 1.23 bits per heavy atom. The number of piperazine rings is 1. The Morgan fingerprint density at radius 3 is 2.62 bits per heavy atom. The van der Waals surface area contributed by atoms with Gasteiger partial charge >= 0.3 is 5.97 Å². The Hall–Kier alpha value is -2.74. The second-order valence-corrected chi connectivity index (χ2v) is 6.39. The highest BCUT2D eigenvalue weighted by Gasteiger charge is 2.24. The van der Waals surface area contributed by atoms with Crippen LogP contribution in [0, 0.1) is 5.82 Å². The van der Waals surface area contributed by atoms with Crippen molar-refractivity contribution in [3.8, 4) is 0 Å². The topological polar surface area (TPSA) is 78.7 Å². The fraction of sp³-hybridized carbons (Fsp3) is 0.389. The van der Waals surface area contributed by atoms with Gasteiger partial charge in [0.05, 0.1) is 0 Å². The molecule has 1 saturated heterocycles. The van der Waals surface area contributed by atoms with Crippen molar-refractivity contribution in [1.82, 2.24) is 19.6 Å². The summed E-state index contributed by atoms with van der Waals surface area (Å²) >= 11 is 0. The molecular weight excluding hydrogens is 339 g/mol. The third kappa shape index (κ3) is 4.08. The zero-order valence-electron chi connectivity index (χ0n) is 14.5. The van der Waals surface area contributed by atoms with Crippen molar-refractivity contribution in [2.75, 3.05) is 26.2 Å². The third-order valence-corrected chi connectivity index (χ3v) is 4.54. The summed E-state index contributed by atoms with van der Waals surface area (Å²) in [6, 6.07) is 7.24. The van der Waals surface area contributed by atoms with Crippen molar-refractivity contribution in [1.29, 1.82) is 0 Å². The van der Waals surface area contributed by atoms with E-state index in [2.05, 4.69) is 10.00 Å². The first-order chi connectivity index (χ1) is 12.4. The van der Waals surface area contributed by atoms with Crippen molar-refractivity contribution in [3.63, 3.8) is 0 Å².